The molecule has 2 aromatic carbocycles. The van der Waals surface area contributed by atoms with E-state index < -0.39 is 0 Å². The maximum Gasteiger partial charge on any atom is 0.234 e. The van der Waals surface area contributed by atoms with Crippen LogP contribution in [0.4, 0.5) is 5.69 Å². The second-order valence-electron chi connectivity index (χ2n) is 4.96. The van der Waals surface area contributed by atoms with Gasteiger partial charge in [-0.15, -0.1) is 11.8 Å². The predicted octanol–water partition coefficient (Wildman–Crippen LogP) is 4.86. The number of hydrogen-bond acceptors (Lipinski definition) is 3. The molecule has 2 rings (SSSR count). The molecule has 1 amide bonds. The number of ketones is 1. The summed E-state index contributed by atoms with van der Waals surface area (Å²) in [5.41, 5.74) is 2.24. The zero-order chi connectivity index (χ0) is 16.8. The number of rotatable bonds is 6. The van der Waals surface area contributed by atoms with Crippen molar-refractivity contribution in [1.82, 2.24) is 0 Å². The summed E-state index contributed by atoms with van der Waals surface area (Å²) in [6.45, 7) is 1.96. The van der Waals surface area contributed by atoms with Crippen LogP contribution in [0, 0.1) is 6.92 Å². The van der Waals surface area contributed by atoms with Crippen LogP contribution in [0.1, 0.15) is 15.9 Å². The van der Waals surface area contributed by atoms with Crippen molar-refractivity contribution in [3.8, 4) is 0 Å². The number of amides is 1. The lowest BCUT2D eigenvalue weighted by atomic mass is 10.1. The van der Waals surface area contributed by atoms with Crippen molar-refractivity contribution in [2.75, 3.05) is 16.8 Å². The van der Waals surface area contributed by atoms with E-state index in [-0.39, 0.29) is 23.2 Å². The molecular formula is C17H15Cl2NO2S. The van der Waals surface area contributed by atoms with Crippen LogP contribution in [-0.2, 0) is 4.79 Å². The summed E-state index contributed by atoms with van der Waals surface area (Å²) < 4.78 is 0. The van der Waals surface area contributed by atoms with Crippen LogP contribution in [-0.4, -0.2) is 23.2 Å². The van der Waals surface area contributed by atoms with Crippen LogP contribution in [0.5, 0.6) is 0 Å². The lowest BCUT2D eigenvalue weighted by Gasteiger charge is -2.06. The molecule has 0 unspecified atom stereocenters. The fourth-order valence-corrected chi connectivity index (χ4v) is 3.16. The number of hydrogen-bond donors (Lipinski definition) is 1. The summed E-state index contributed by atoms with van der Waals surface area (Å²) in [4.78, 5) is 23.9. The Kier molecular flexibility index (Phi) is 6.51. The minimum absolute atomic E-state index is 0.125. The second-order valence-corrected chi connectivity index (χ2v) is 6.79. The minimum Gasteiger partial charge on any atom is -0.325 e. The summed E-state index contributed by atoms with van der Waals surface area (Å²) in [5.74, 6) is 0.114. The monoisotopic (exact) mass is 367 g/mol. The zero-order valence-corrected chi connectivity index (χ0v) is 14.8. The zero-order valence-electron chi connectivity index (χ0n) is 12.4. The van der Waals surface area contributed by atoms with Gasteiger partial charge >= 0.3 is 0 Å². The van der Waals surface area contributed by atoms with Gasteiger partial charge in [-0.3, -0.25) is 9.59 Å². The average Bonchev–Trinajstić information content (AvgIpc) is 2.47. The Morgan fingerprint density at radius 1 is 1.09 bits per heavy atom. The highest BCUT2D eigenvalue weighted by molar-refractivity contribution is 8.00. The molecule has 0 radical (unpaired) electrons. The van der Waals surface area contributed by atoms with Crippen LogP contribution < -0.4 is 5.32 Å². The quantitative estimate of drug-likeness (QED) is 0.741. The summed E-state index contributed by atoms with van der Waals surface area (Å²) in [5, 5.41) is 3.61. The number of halogens is 2. The van der Waals surface area contributed by atoms with Gasteiger partial charge in [-0.2, -0.15) is 0 Å². The minimum atomic E-state index is -0.143. The maximum atomic E-state index is 12.1. The van der Waals surface area contributed by atoms with Gasteiger partial charge in [0.15, 0.2) is 5.78 Å². The Hall–Kier alpha value is -1.49. The molecule has 2 aromatic rings. The van der Waals surface area contributed by atoms with E-state index >= 15 is 0 Å². The van der Waals surface area contributed by atoms with Crippen molar-refractivity contribution in [3.05, 3.63) is 63.6 Å². The molecule has 0 aliphatic rings. The number of carbonyl (C=O) groups excluding carboxylic acids is 2. The largest absolute Gasteiger partial charge is 0.325 e. The Labute approximate surface area is 149 Å². The van der Waals surface area contributed by atoms with Gasteiger partial charge < -0.3 is 5.32 Å². The summed E-state index contributed by atoms with van der Waals surface area (Å²) in [6, 6.07) is 12.3. The number of aryl methyl sites for hydroxylation is 1. The third kappa shape index (κ3) is 5.57. The van der Waals surface area contributed by atoms with Crippen molar-refractivity contribution in [2.45, 2.75) is 6.92 Å². The molecule has 23 heavy (non-hydrogen) atoms. The van der Waals surface area contributed by atoms with Crippen molar-refractivity contribution >= 4 is 52.3 Å². The molecule has 6 heteroatoms. The number of nitrogens with one attached hydrogen (secondary N) is 1. The molecule has 3 nitrogen and oxygen atoms in total. The molecule has 0 atom stereocenters. The Bertz CT molecular complexity index is 734. The molecule has 0 saturated carbocycles. The first-order valence-corrected chi connectivity index (χ1v) is 8.79. The van der Waals surface area contributed by atoms with Gasteiger partial charge in [-0.1, -0.05) is 35.3 Å². The predicted molar refractivity (Wildman–Crippen MR) is 97.9 cm³/mol. The van der Waals surface area contributed by atoms with Crippen molar-refractivity contribution in [1.29, 1.82) is 0 Å². The van der Waals surface area contributed by atoms with Crippen molar-refractivity contribution in [2.24, 2.45) is 0 Å². The van der Waals surface area contributed by atoms with Crippen LogP contribution in [0.25, 0.3) is 0 Å². The van der Waals surface area contributed by atoms with Crippen LogP contribution >= 0.6 is 35.0 Å². The lowest BCUT2D eigenvalue weighted by molar-refractivity contribution is -0.113. The summed E-state index contributed by atoms with van der Waals surface area (Å²) in [7, 11) is 0. The Balaban J connectivity index is 1.82. The first kappa shape index (κ1) is 17.9. The maximum absolute atomic E-state index is 12.1. The summed E-state index contributed by atoms with van der Waals surface area (Å²) in [6.07, 6.45) is 0. The number of anilines is 1. The van der Waals surface area contributed by atoms with Gasteiger partial charge in [-0.05, 0) is 42.8 Å². The molecule has 0 heterocycles. The van der Waals surface area contributed by atoms with E-state index in [9.17, 15) is 9.59 Å². The summed E-state index contributed by atoms with van der Waals surface area (Å²) >= 11 is 13.0. The molecule has 0 spiro atoms. The third-order valence-corrected chi connectivity index (χ3v) is 4.48. The number of Topliss-reactive ketones (excluding diaryl/α,β-unsaturated/α-hetero) is 1. The fourth-order valence-electron chi connectivity index (χ4n) is 1.95. The molecule has 120 valence electrons. The molecule has 0 bridgehead atoms. The van der Waals surface area contributed by atoms with Crippen LogP contribution in [0.15, 0.2) is 42.5 Å². The van der Waals surface area contributed by atoms with E-state index in [1.165, 1.54) is 17.8 Å². The van der Waals surface area contributed by atoms with E-state index in [1.807, 2.05) is 31.2 Å². The average molecular weight is 368 g/mol. The first-order valence-electron chi connectivity index (χ1n) is 6.88. The highest BCUT2D eigenvalue weighted by Gasteiger charge is 2.12. The normalized spacial score (nSPS) is 10.4. The highest BCUT2D eigenvalue weighted by Crippen LogP contribution is 2.22. The lowest BCUT2D eigenvalue weighted by Crippen LogP contribution is -2.15. The second kappa shape index (κ2) is 8.39. The number of benzene rings is 2. The van der Waals surface area contributed by atoms with E-state index in [1.54, 1.807) is 12.1 Å². The molecule has 0 aromatic heterocycles. The van der Waals surface area contributed by atoms with E-state index in [0.29, 0.717) is 15.6 Å². The van der Waals surface area contributed by atoms with E-state index in [4.69, 9.17) is 23.2 Å². The van der Waals surface area contributed by atoms with E-state index in [2.05, 4.69) is 5.32 Å². The first-order chi connectivity index (χ1) is 11.0. The van der Waals surface area contributed by atoms with Gasteiger partial charge in [0, 0.05) is 16.3 Å². The van der Waals surface area contributed by atoms with Gasteiger partial charge in [0.05, 0.1) is 16.5 Å². The van der Waals surface area contributed by atoms with Crippen LogP contribution in [0.3, 0.4) is 0 Å². The van der Waals surface area contributed by atoms with Gasteiger partial charge in [-0.25, -0.2) is 0 Å². The molecular weight excluding hydrogens is 353 g/mol. The molecule has 0 aliphatic carbocycles. The standard InChI is InChI=1S/C17H15Cl2NO2S/c1-11-3-2-4-13(7-11)20-17(22)10-23-9-16(21)14-6-5-12(18)8-15(14)19/h2-8H,9-10H2,1H3,(H,20,22). The molecule has 0 fully saturated rings. The smallest absolute Gasteiger partial charge is 0.234 e. The fraction of sp³-hybridized carbons (Fsp3) is 0.176. The molecule has 1 N–H and O–H groups in total. The highest BCUT2D eigenvalue weighted by atomic mass is 35.5. The Morgan fingerprint density at radius 3 is 2.57 bits per heavy atom. The van der Waals surface area contributed by atoms with E-state index in [0.717, 1.165) is 11.3 Å². The van der Waals surface area contributed by atoms with Crippen molar-refractivity contribution in [3.63, 3.8) is 0 Å². The Morgan fingerprint density at radius 2 is 1.87 bits per heavy atom. The topological polar surface area (TPSA) is 46.2 Å². The number of thioether (sulfide) groups is 1. The number of carbonyl (C=O) groups is 2. The molecule has 0 aliphatic heterocycles. The van der Waals surface area contributed by atoms with Gasteiger partial charge in [0.2, 0.25) is 5.91 Å². The third-order valence-electron chi connectivity index (χ3n) is 3.00. The van der Waals surface area contributed by atoms with Gasteiger partial charge in [0.25, 0.3) is 0 Å². The van der Waals surface area contributed by atoms with Crippen molar-refractivity contribution < 1.29 is 9.59 Å². The van der Waals surface area contributed by atoms with Crippen LogP contribution in [0.2, 0.25) is 10.0 Å². The SMILES string of the molecule is Cc1cccc(NC(=O)CSCC(=O)c2ccc(Cl)cc2Cl)c1. The van der Waals surface area contributed by atoms with Gasteiger partial charge in [0.1, 0.15) is 0 Å². The molecule has 0 saturated heterocycles.